The highest BCUT2D eigenvalue weighted by molar-refractivity contribution is 6.04. The van der Waals surface area contributed by atoms with Crippen LogP contribution in [0.5, 0.6) is 5.75 Å². The number of hydrogen-bond acceptors (Lipinski definition) is 4. The zero-order chi connectivity index (χ0) is 23.0. The summed E-state index contributed by atoms with van der Waals surface area (Å²) in [5, 5.41) is 2.61. The second-order valence-electron chi connectivity index (χ2n) is 8.55. The number of methoxy groups -OCH3 is 1. The smallest absolute Gasteiger partial charge is 0.433 e. The Kier molecular flexibility index (Phi) is 5.98. The van der Waals surface area contributed by atoms with Gasteiger partial charge in [0.15, 0.2) is 0 Å². The molecule has 0 spiro atoms. The summed E-state index contributed by atoms with van der Waals surface area (Å²) in [7, 11) is 3.34. The molecule has 0 saturated heterocycles. The third-order valence-electron chi connectivity index (χ3n) is 4.91. The van der Waals surface area contributed by atoms with Crippen LogP contribution in [-0.2, 0) is 19.6 Å². The van der Waals surface area contributed by atoms with Crippen LogP contribution in [0.2, 0.25) is 0 Å². The van der Waals surface area contributed by atoms with Gasteiger partial charge in [0, 0.05) is 19.5 Å². The molecule has 0 fully saturated rings. The number of imidazole rings is 1. The van der Waals surface area contributed by atoms with Gasteiger partial charge in [0.05, 0.1) is 23.8 Å². The van der Waals surface area contributed by atoms with E-state index in [1.807, 2.05) is 11.6 Å². The lowest BCUT2D eigenvalue weighted by molar-refractivity contribution is -0.141. The number of aromatic nitrogens is 3. The zero-order valence-corrected chi connectivity index (χ0v) is 18.1. The molecule has 0 radical (unpaired) electrons. The topological polar surface area (TPSA) is 69.0 Å². The first kappa shape index (κ1) is 22.6. The Bertz CT molecular complexity index is 1110. The second-order valence-corrected chi connectivity index (χ2v) is 8.55. The van der Waals surface area contributed by atoms with Crippen LogP contribution >= 0.6 is 0 Å². The predicted octanol–water partition coefficient (Wildman–Crippen LogP) is 5.23. The van der Waals surface area contributed by atoms with Crippen molar-refractivity contribution in [2.24, 2.45) is 12.5 Å². The number of halogens is 3. The molecule has 1 amide bonds. The van der Waals surface area contributed by atoms with Gasteiger partial charge in [-0.15, -0.1) is 0 Å². The van der Waals surface area contributed by atoms with Gasteiger partial charge in [-0.3, -0.25) is 4.79 Å². The number of benzene rings is 1. The number of amides is 1. The molecule has 0 aliphatic heterocycles. The molecular formula is C22H25F3N4O2. The summed E-state index contributed by atoms with van der Waals surface area (Å²) in [6.07, 6.45) is -2.90. The van der Waals surface area contributed by atoms with Gasteiger partial charge >= 0.3 is 6.18 Å². The summed E-state index contributed by atoms with van der Waals surface area (Å²) >= 11 is 0. The molecule has 1 aromatic carbocycles. The van der Waals surface area contributed by atoms with Gasteiger partial charge in [-0.1, -0.05) is 26.8 Å². The number of nitrogens with one attached hydrogen (secondary N) is 1. The van der Waals surface area contributed by atoms with E-state index in [1.165, 1.54) is 13.2 Å². The molecule has 1 N–H and O–H groups in total. The molecule has 3 aromatic rings. The molecule has 2 heterocycles. The SMILES string of the molecule is COc1cc2nc(CCC(C)(C)C)n(C)c2cc1NC(=O)c1cccc(C(F)(F)F)n1. The van der Waals surface area contributed by atoms with Crippen molar-refractivity contribution in [3.05, 3.63) is 47.5 Å². The number of nitrogens with zero attached hydrogens (tertiary/aromatic N) is 3. The van der Waals surface area contributed by atoms with Crippen molar-refractivity contribution in [2.45, 2.75) is 39.8 Å². The lowest BCUT2D eigenvalue weighted by Crippen LogP contribution is -2.17. The monoisotopic (exact) mass is 434 g/mol. The Morgan fingerprint density at radius 1 is 1.16 bits per heavy atom. The van der Waals surface area contributed by atoms with Crippen molar-refractivity contribution in [2.75, 3.05) is 12.4 Å². The maximum atomic E-state index is 12.9. The second kappa shape index (κ2) is 8.20. The number of carbonyl (C=O) groups is 1. The Morgan fingerprint density at radius 3 is 2.48 bits per heavy atom. The Labute approximate surface area is 178 Å². The number of alkyl halides is 3. The predicted molar refractivity (Wildman–Crippen MR) is 112 cm³/mol. The number of ether oxygens (including phenoxy) is 1. The molecule has 0 saturated carbocycles. The maximum Gasteiger partial charge on any atom is 0.433 e. The average molecular weight is 434 g/mol. The summed E-state index contributed by atoms with van der Waals surface area (Å²) in [6.45, 7) is 6.48. The lowest BCUT2D eigenvalue weighted by Gasteiger charge is -2.17. The van der Waals surface area contributed by atoms with Crippen LogP contribution in [-0.4, -0.2) is 27.6 Å². The molecule has 0 atom stereocenters. The van der Waals surface area contributed by atoms with Crippen molar-refractivity contribution in [3.63, 3.8) is 0 Å². The highest BCUT2D eigenvalue weighted by Gasteiger charge is 2.33. The van der Waals surface area contributed by atoms with E-state index in [4.69, 9.17) is 4.74 Å². The molecule has 9 heteroatoms. The quantitative estimate of drug-likeness (QED) is 0.597. The number of pyridine rings is 1. The van der Waals surface area contributed by atoms with Gasteiger partial charge < -0.3 is 14.6 Å². The largest absolute Gasteiger partial charge is 0.494 e. The molecule has 0 bridgehead atoms. The Morgan fingerprint density at radius 2 is 1.87 bits per heavy atom. The summed E-state index contributed by atoms with van der Waals surface area (Å²) in [5.74, 6) is 0.488. The molecule has 0 aliphatic rings. The van der Waals surface area contributed by atoms with E-state index in [1.54, 1.807) is 12.1 Å². The third-order valence-corrected chi connectivity index (χ3v) is 4.91. The first-order chi connectivity index (χ1) is 14.4. The number of anilines is 1. The van der Waals surface area contributed by atoms with Crippen LogP contribution < -0.4 is 10.1 Å². The van der Waals surface area contributed by atoms with Gasteiger partial charge in [0.25, 0.3) is 5.91 Å². The van der Waals surface area contributed by atoms with E-state index in [0.717, 1.165) is 36.3 Å². The maximum absolute atomic E-state index is 12.9. The molecule has 166 valence electrons. The van der Waals surface area contributed by atoms with Crippen molar-refractivity contribution < 1.29 is 22.7 Å². The first-order valence-corrected chi connectivity index (χ1v) is 9.78. The highest BCUT2D eigenvalue weighted by atomic mass is 19.4. The standard InChI is InChI=1S/C22H25F3N4O2/c1-21(2,3)10-9-19-27-14-12-17(31-5)15(11-16(14)29(19)4)28-20(30)13-7-6-8-18(26-13)22(23,24)25/h6-8,11-12H,9-10H2,1-5H3,(H,28,30). The average Bonchev–Trinajstić information content (AvgIpc) is 2.99. The molecule has 31 heavy (non-hydrogen) atoms. The van der Waals surface area contributed by atoms with Crippen molar-refractivity contribution in [3.8, 4) is 5.75 Å². The highest BCUT2D eigenvalue weighted by Crippen LogP contribution is 2.32. The van der Waals surface area contributed by atoms with Crippen LogP contribution in [0.25, 0.3) is 11.0 Å². The van der Waals surface area contributed by atoms with Crippen LogP contribution in [0, 0.1) is 5.41 Å². The van der Waals surface area contributed by atoms with E-state index in [-0.39, 0.29) is 11.1 Å². The molecule has 0 aliphatic carbocycles. The van der Waals surface area contributed by atoms with E-state index in [9.17, 15) is 18.0 Å². The van der Waals surface area contributed by atoms with E-state index in [2.05, 4.69) is 36.1 Å². The number of fused-ring (bicyclic) bond motifs is 1. The number of rotatable bonds is 5. The minimum absolute atomic E-state index is 0.160. The minimum Gasteiger partial charge on any atom is -0.494 e. The van der Waals surface area contributed by atoms with Gasteiger partial charge in [0.2, 0.25) is 0 Å². The van der Waals surface area contributed by atoms with Crippen LogP contribution in [0.4, 0.5) is 18.9 Å². The minimum atomic E-state index is -4.63. The normalized spacial score (nSPS) is 12.3. The first-order valence-electron chi connectivity index (χ1n) is 9.78. The Hall–Kier alpha value is -3.10. The molecule has 2 aromatic heterocycles. The van der Waals surface area contributed by atoms with Crippen LogP contribution in [0.15, 0.2) is 30.3 Å². The van der Waals surface area contributed by atoms with Gasteiger partial charge in [-0.2, -0.15) is 13.2 Å². The van der Waals surface area contributed by atoms with E-state index in [0.29, 0.717) is 17.0 Å². The third kappa shape index (κ3) is 5.15. The molecule has 6 nitrogen and oxygen atoms in total. The van der Waals surface area contributed by atoms with Crippen molar-refractivity contribution >= 4 is 22.6 Å². The number of carbonyl (C=O) groups excluding carboxylic acids is 1. The van der Waals surface area contributed by atoms with Gasteiger partial charge in [-0.25, -0.2) is 9.97 Å². The summed E-state index contributed by atoms with van der Waals surface area (Å²) in [6, 6.07) is 6.59. The fraction of sp³-hybridized carbons (Fsp3) is 0.409. The molecule has 0 unspecified atom stereocenters. The van der Waals surface area contributed by atoms with Crippen molar-refractivity contribution in [1.29, 1.82) is 0 Å². The van der Waals surface area contributed by atoms with Gasteiger partial charge in [-0.05, 0) is 30.0 Å². The zero-order valence-electron chi connectivity index (χ0n) is 18.1. The molecular weight excluding hydrogens is 409 g/mol. The Balaban J connectivity index is 1.93. The lowest BCUT2D eigenvalue weighted by atomic mass is 9.90. The number of aryl methyl sites for hydroxylation is 2. The number of hydrogen-bond donors (Lipinski definition) is 1. The fourth-order valence-electron chi connectivity index (χ4n) is 3.15. The summed E-state index contributed by atoms with van der Waals surface area (Å²) in [5.41, 5.74) is 0.498. The molecule has 3 rings (SSSR count). The fourth-order valence-corrected chi connectivity index (χ4v) is 3.15. The van der Waals surface area contributed by atoms with Crippen LogP contribution in [0.3, 0.4) is 0 Å². The summed E-state index contributed by atoms with van der Waals surface area (Å²) < 4.78 is 46.0. The summed E-state index contributed by atoms with van der Waals surface area (Å²) in [4.78, 5) is 20.7. The van der Waals surface area contributed by atoms with Crippen LogP contribution in [0.1, 0.15) is 49.2 Å². The van der Waals surface area contributed by atoms with E-state index < -0.39 is 17.8 Å². The van der Waals surface area contributed by atoms with Crippen molar-refractivity contribution in [1.82, 2.24) is 14.5 Å². The van der Waals surface area contributed by atoms with Gasteiger partial charge in [0.1, 0.15) is 23.0 Å². The van der Waals surface area contributed by atoms with E-state index >= 15 is 0 Å².